The summed E-state index contributed by atoms with van der Waals surface area (Å²) in [6.07, 6.45) is 4.47. The van der Waals surface area contributed by atoms with E-state index in [1.807, 2.05) is 19.9 Å². The average molecular weight is 372 g/mol. The second-order valence-electron chi connectivity index (χ2n) is 7.15. The topological polar surface area (TPSA) is 87.4 Å². The van der Waals surface area contributed by atoms with Crippen molar-refractivity contribution in [3.8, 4) is 0 Å². The van der Waals surface area contributed by atoms with Crippen LogP contribution in [0.5, 0.6) is 0 Å². The molecule has 1 aliphatic heterocycles. The Morgan fingerprint density at radius 1 is 1.22 bits per heavy atom. The number of piperazine rings is 1. The second kappa shape index (κ2) is 8.94. The summed E-state index contributed by atoms with van der Waals surface area (Å²) in [4.78, 5) is 25.7. The Balaban J connectivity index is 1.39. The molecule has 0 saturated carbocycles. The highest BCUT2D eigenvalue weighted by atomic mass is 16.5. The number of carbonyl (C=O) groups excluding carboxylic acids is 1. The van der Waals surface area contributed by atoms with E-state index in [2.05, 4.69) is 30.2 Å². The number of nitrogens with one attached hydrogen (secondary N) is 1. The van der Waals surface area contributed by atoms with Crippen LogP contribution in [-0.4, -0.2) is 65.2 Å². The van der Waals surface area contributed by atoms with Crippen molar-refractivity contribution < 1.29 is 9.32 Å². The number of rotatable bonds is 7. The van der Waals surface area contributed by atoms with Gasteiger partial charge in [-0.1, -0.05) is 19.0 Å². The summed E-state index contributed by atoms with van der Waals surface area (Å²) in [7, 11) is 0. The van der Waals surface area contributed by atoms with Crippen LogP contribution in [0.2, 0.25) is 0 Å². The zero-order chi connectivity index (χ0) is 19.2. The molecule has 0 aromatic carbocycles. The van der Waals surface area contributed by atoms with Crippen LogP contribution in [0.4, 0.5) is 5.95 Å². The largest absolute Gasteiger partial charge is 0.360 e. The van der Waals surface area contributed by atoms with Crippen LogP contribution in [0.15, 0.2) is 23.0 Å². The molecule has 0 unspecified atom stereocenters. The Hall–Kier alpha value is -2.48. The summed E-state index contributed by atoms with van der Waals surface area (Å²) in [6, 6.07) is 1.83. The predicted octanol–water partition coefficient (Wildman–Crippen LogP) is 1.84. The highest BCUT2D eigenvalue weighted by Crippen LogP contribution is 2.22. The minimum atomic E-state index is -0.0940. The van der Waals surface area contributed by atoms with E-state index < -0.39 is 0 Å². The van der Waals surface area contributed by atoms with Gasteiger partial charge < -0.3 is 14.7 Å². The zero-order valence-corrected chi connectivity index (χ0v) is 16.3. The first-order chi connectivity index (χ1) is 13.1. The maximum absolute atomic E-state index is 12.5. The third-order valence-electron chi connectivity index (χ3n) is 4.78. The Kier molecular flexibility index (Phi) is 6.39. The number of anilines is 1. The molecule has 8 heteroatoms. The van der Waals surface area contributed by atoms with Crippen LogP contribution < -0.4 is 10.2 Å². The second-order valence-corrected chi connectivity index (χ2v) is 7.15. The van der Waals surface area contributed by atoms with E-state index >= 15 is 0 Å². The van der Waals surface area contributed by atoms with Crippen molar-refractivity contribution in [2.24, 2.45) is 0 Å². The Bertz CT molecular complexity index is 738. The molecule has 8 nitrogen and oxygen atoms in total. The van der Waals surface area contributed by atoms with E-state index in [1.165, 1.54) is 0 Å². The maximum atomic E-state index is 12.5. The fraction of sp³-hybridized carbons (Fsp3) is 0.579. The molecule has 2 aromatic heterocycles. The summed E-state index contributed by atoms with van der Waals surface area (Å²) in [5.74, 6) is 1.50. The van der Waals surface area contributed by atoms with Crippen molar-refractivity contribution >= 4 is 11.9 Å². The summed E-state index contributed by atoms with van der Waals surface area (Å²) in [5.41, 5.74) is 1.23. The van der Waals surface area contributed by atoms with Crippen molar-refractivity contribution in [1.82, 2.24) is 25.3 Å². The van der Waals surface area contributed by atoms with Gasteiger partial charge in [-0.2, -0.15) is 0 Å². The van der Waals surface area contributed by atoms with Crippen molar-refractivity contribution in [2.45, 2.75) is 33.1 Å². The molecule has 1 amide bonds. The molecule has 3 rings (SSSR count). The number of hydrogen-bond donors (Lipinski definition) is 1. The lowest BCUT2D eigenvalue weighted by Crippen LogP contribution is -2.47. The molecule has 0 radical (unpaired) electrons. The maximum Gasteiger partial charge on any atom is 0.256 e. The van der Waals surface area contributed by atoms with E-state index in [0.29, 0.717) is 23.6 Å². The van der Waals surface area contributed by atoms with Crippen molar-refractivity contribution in [1.29, 1.82) is 0 Å². The van der Waals surface area contributed by atoms with Gasteiger partial charge in [-0.3, -0.25) is 9.69 Å². The van der Waals surface area contributed by atoms with E-state index in [1.54, 1.807) is 19.3 Å². The molecule has 0 aliphatic carbocycles. The summed E-state index contributed by atoms with van der Waals surface area (Å²) in [6.45, 7) is 11.2. The first-order valence-corrected chi connectivity index (χ1v) is 9.55. The quantitative estimate of drug-likeness (QED) is 0.742. The third-order valence-corrected chi connectivity index (χ3v) is 4.78. The van der Waals surface area contributed by atoms with E-state index in [4.69, 9.17) is 4.52 Å². The molecule has 0 spiro atoms. The minimum absolute atomic E-state index is 0.0940. The molecular weight excluding hydrogens is 344 g/mol. The van der Waals surface area contributed by atoms with E-state index in [9.17, 15) is 4.79 Å². The zero-order valence-electron chi connectivity index (χ0n) is 16.3. The molecule has 27 heavy (non-hydrogen) atoms. The van der Waals surface area contributed by atoms with Gasteiger partial charge in [0.05, 0.1) is 5.69 Å². The van der Waals surface area contributed by atoms with E-state index in [0.717, 1.165) is 45.1 Å². The number of carbonyl (C=O) groups is 1. The summed E-state index contributed by atoms with van der Waals surface area (Å²) in [5, 5.41) is 6.93. The van der Waals surface area contributed by atoms with E-state index in [-0.39, 0.29) is 11.8 Å². The van der Waals surface area contributed by atoms with Crippen LogP contribution >= 0.6 is 0 Å². The molecule has 1 aliphatic rings. The fourth-order valence-corrected chi connectivity index (χ4v) is 3.28. The van der Waals surface area contributed by atoms with Crippen molar-refractivity contribution in [2.75, 3.05) is 44.2 Å². The standard InChI is InChI=1S/C19H28N6O2/c1-14(2)17-16(15(3)23-27-17)18(26)20-8-5-9-24-10-12-25(13-11-24)19-21-6-4-7-22-19/h4,6-7,14H,5,8-13H2,1-3H3,(H,20,26). The molecule has 0 atom stereocenters. The lowest BCUT2D eigenvalue weighted by atomic mass is 10.0. The average Bonchev–Trinajstić information content (AvgIpc) is 3.08. The summed E-state index contributed by atoms with van der Waals surface area (Å²) >= 11 is 0. The molecule has 1 N–H and O–H groups in total. The SMILES string of the molecule is Cc1noc(C(C)C)c1C(=O)NCCCN1CCN(c2ncccn2)CC1. The summed E-state index contributed by atoms with van der Waals surface area (Å²) < 4.78 is 5.29. The molecule has 1 saturated heterocycles. The molecular formula is C19H28N6O2. The smallest absolute Gasteiger partial charge is 0.256 e. The number of hydrogen-bond acceptors (Lipinski definition) is 7. The normalized spacial score (nSPS) is 15.3. The number of amides is 1. The first kappa shape index (κ1) is 19.3. The van der Waals surface area contributed by atoms with Crippen LogP contribution in [0.25, 0.3) is 0 Å². The van der Waals surface area contributed by atoms with Crippen LogP contribution in [0.3, 0.4) is 0 Å². The Morgan fingerprint density at radius 3 is 2.59 bits per heavy atom. The van der Waals surface area contributed by atoms with Gasteiger partial charge in [0.1, 0.15) is 5.56 Å². The predicted molar refractivity (Wildman–Crippen MR) is 103 cm³/mol. The molecule has 1 fully saturated rings. The molecule has 146 valence electrons. The molecule has 2 aromatic rings. The number of aryl methyl sites for hydroxylation is 1. The van der Waals surface area contributed by atoms with Gasteiger partial charge in [-0.15, -0.1) is 0 Å². The van der Waals surface area contributed by atoms with Gasteiger partial charge >= 0.3 is 0 Å². The molecule has 3 heterocycles. The van der Waals surface area contributed by atoms with Gasteiger partial charge in [-0.25, -0.2) is 9.97 Å². The van der Waals surface area contributed by atoms with Crippen LogP contribution in [0, 0.1) is 6.92 Å². The lowest BCUT2D eigenvalue weighted by Gasteiger charge is -2.34. The Labute approximate surface area is 159 Å². The highest BCUT2D eigenvalue weighted by molar-refractivity contribution is 5.96. The lowest BCUT2D eigenvalue weighted by molar-refractivity contribution is 0.0948. The molecule has 0 bridgehead atoms. The van der Waals surface area contributed by atoms with Gasteiger partial charge in [0.25, 0.3) is 5.91 Å². The third kappa shape index (κ3) is 4.82. The van der Waals surface area contributed by atoms with Crippen LogP contribution in [0.1, 0.15) is 48.0 Å². The minimum Gasteiger partial charge on any atom is -0.360 e. The fourth-order valence-electron chi connectivity index (χ4n) is 3.28. The van der Waals surface area contributed by atoms with Crippen molar-refractivity contribution in [3.63, 3.8) is 0 Å². The number of nitrogens with zero attached hydrogens (tertiary/aromatic N) is 5. The highest BCUT2D eigenvalue weighted by Gasteiger charge is 2.22. The van der Waals surface area contributed by atoms with Crippen LogP contribution in [-0.2, 0) is 0 Å². The number of aromatic nitrogens is 3. The monoisotopic (exact) mass is 372 g/mol. The van der Waals surface area contributed by atoms with Gasteiger partial charge in [0.15, 0.2) is 5.76 Å². The van der Waals surface area contributed by atoms with Gasteiger partial charge in [0.2, 0.25) is 5.95 Å². The van der Waals surface area contributed by atoms with Crippen molar-refractivity contribution in [3.05, 3.63) is 35.5 Å². The van der Waals surface area contributed by atoms with Gasteiger partial charge in [0, 0.05) is 51.0 Å². The first-order valence-electron chi connectivity index (χ1n) is 9.55. The van der Waals surface area contributed by atoms with Gasteiger partial charge in [-0.05, 0) is 26.0 Å². The Morgan fingerprint density at radius 2 is 1.93 bits per heavy atom.